The summed E-state index contributed by atoms with van der Waals surface area (Å²) in [6.45, 7) is 0.512. The first-order valence-corrected chi connectivity index (χ1v) is 10.7. The highest BCUT2D eigenvalue weighted by molar-refractivity contribution is 9.10. The topological polar surface area (TPSA) is 71.5 Å². The minimum Gasteiger partial charge on any atom is -0.496 e. The van der Waals surface area contributed by atoms with Crippen LogP contribution in [0.15, 0.2) is 58.4 Å². The molecular weight excluding hydrogens is 454 g/mol. The van der Waals surface area contributed by atoms with Crippen LogP contribution in [0.4, 0.5) is 10.8 Å². The van der Waals surface area contributed by atoms with E-state index < -0.39 is 5.92 Å². The second-order valence-corrected chi connectivity index (χ2v) is 8.31. The number of para-hydroxylation sites is 1. The molecule has 0 spiro atoms. The molecule has 0 saturated carbocycles. The molecule has 1 unspecified atom stereocenters. The van der Waals surface area contributed by atoms with Crippen LogP contribution in [0.5, 0.6) is 5.75 Å². The minimum atomic E-state index is -0.715. The van der Waals surface area contributed by atoms with E-state index in [0.717, 1.165) is 21.4 Å². The quantitative estimate of drug-likeness (QED) is 0.553. The van der Waals surface area contributed by atoms with Crippen LogP contribution in [0.25, 0.3) is 11.3 Å². The summed E-state index contributed by atoms with van der Waals surface area (Å²) in [7, 11) is 1.61. The molecule has 1 aliphatic heterocycles. The van der Waals surface area contributed by atoms with Crippen LogP contribution in [0.3, 0.4) is 0 Å². The van der Waals surface area contributed by atoms with Gasteiger partial charge in [0.1, 0.15) is 11.7 Å². The smallest absolute Gasteiger partial charge is 0.239 e. The highest BCUT2D eigenvalue weighted by Gasteiger charge is 2.38. The number of rotatable bonds is 5. The fourth-order valence-corrected chi connectivity index (χ4v) is 4.43. The van der Waals surface area contributed by atoms with Gasteiger partial charge in [0, 0.05) is 27.6 Å². The Morgan fingerprint density at radius 1 is 1.28 bits per heavy atom. The van der Waals surface area contributed by atoms with Crippen LogP contribution in [0.1, 0.15) is 6.42 Å². The number of methoxy groups -OCH3 is 1. The Bertz CT molecular complexity index is 1070. The number of amides is 2. The minimum absolute atomic E-state index is 0.192. The zero-order valence-electron chi connectivity index (χ0n) is 15.6. The third-order valence-electron chi connectivity index (χ3n) is 4.76. The monoisotopic (exact) mass is 471 g/mol. The second-order valence-electron chi connectivity index (χ2n) is 6.54. The van der Waals surface area contributed by atoms with Gasteiger partial charge >= 0.3 is 0 Å². The van der Waals surface area contributed by atoms with Crippen molar-refractivity contribution in [3.8, 4) is 17.0 Å². The summed E-state index contributed by atoms with van der Waals surface area (Å²) >= 11 is 4.74. The number of aromatic nitrogens is 1. The molecular formula is C21H18BrN3O3S. The molecule has 1 N–H and O–H groups in total. The zero-order chi connectivity index (χ0) is 20.4. The van der Waals surface area contributed by atoms with Crippen molar-refractivity contribution in [3.63, 3.8) is 0 Å². The molecule has 29 heavy (non-hydrogen) atoms. The Morgan fingerprint density at radius 3 is 2.90 bits per heavy atom. The molecule has 1 aliphatic rings. The predicted octanol–water partition coefficient (Wildman–Crippen LogP) is 4.57. The molecule has 2 aromatic carbocycles. The van der Waals surface area contributed by atoms with Gasteiger partial charge < -0.3 is 15.0 Å². The summed E-state index contributed by atoms with van der Waals surface area (Å²) in [4.78, 5) is 31.6. The highest BCUT2D eigenvalue weighted by atomic mass is 79.9. The van der Waals surface area contributed by atoms with E-state index >= 15 is 0 Å². The van der Waals surface area contributed by atoms with Gasteiger partial charge in [-0.25, -0.2) is 4.98 Å². The number of nitrogens with zero attached hydrogens (tertiary/aromatic N) is 2. The van der Waals surface area contributed by atoms with Crippen LogP contribution >= 0.6 is 27.3 Å². The van der Waals surface area contributed by atoms with Crippen LogP contribution in [0.2, 0.25) is 0 Å². The van der Waals surface area contributed by atoms with Crippen molar-refractivity contribution in [2.24, 2.45) is 5.92 Å². The largest absolute Gasteiger partial charge is 0.496 e. The number of ether oxygens (including phenoxy) is 1. The maximum absolute atomic E-state index is 12.8. The lowest BCUT2D eigenvalue weighted by Crippen LogP contribution is -2.33. The van der Waals surface area contributed by atoms with Gasteiger partial charge in [-0.2, -0.15) is 0 Å². The molecule has 4 rings (SSSR count). The number of thiazole rings is 1. The average Bonchev–Trinajstić information content (AvgIpc) is 3.34. The van der Waals surface area contributed by atoms with Crippen molar-refractivity contribution in [1.29, 1.82) is 0 Å². The number of halogens is 1. The molecule has 1 fully saturated rings. The number of benzene rings is 2. The second kappa shape index (κ2) is 8.34. The number of hydrogen-bond donors (Lipinski definition) is 1. The van der Waals surface area contributed by atoms with E-state index in [0.29, 0.717) is 23.8 Å². The van der Waals surface area contributed by atoms with Crippen molar-refractivity contribution in [2.75, 3.05) is 23.9 Å². The van der Waals surface area contributed by atoms with E-state index in [1.54, 1.807) is 12.0 Å². The van der Waals surface area contributed by atoms with Gasteiger partial charge in [0.15, 0.2) is 5.13 Å². The van der Waals surface area contributed by atoms with Gasteiger partial charge in [-0.3, -0.25) is 9.59 Å². The summed E-state index contributed by atoms with van der Waals surface area (Å²) in [6, 6.07) is 15.1. The number of nitrogens with one attached hydrogen (secondary N) is 1. The zero-order valence-corrected chi connectivity index (χ0v) is 18.0. The number of hydrogen-bond acceptors (Lipinski definition) is 5. The number of carbonyl (C=O) groups excluding carboxylic acids is 2. The van der Waals surface area contributed by atoms with Gasteiger partial charge in [0.25, 0.3) is 0 Å². The first-order chi connectivity index (χ1) is 14.1. The standard InChI is InChI=1S/C21H18BrN3O3S/c1-28-18-8-3-2-7-15(18)17-12-29-21(23-17)24-19(26)16-9-10-25(20(16)27)14-6-4-5-13(22)11-14/h2-8,11-12,16H,9-10H2,1H3,(H,23,24,26). The summed E-state index contributed by atoms with van der Waals surface area (Å²) < 4.78 is 6.26. The van der Waals surface area contributed by atoms with Crippen LogP contribution < -0.4 is 15.0 Å². The van der Waals surface area contributed by atoms with E-state index in [-0.39, 0.29) is 11.8 Å². The van der Waals surface area contributed by atoms with Crippen molar-refractivity contribution < 1.29 is 14.3 Å². The summed E-state index contributed by atoms with van der Waals surface area (Å²) in [5.41, 5.74) is 2.35. The van der Waals surface area contributed by atoms with Crippen LogP contribution in [0, 0.1) is 5.92 Å². The third kappa shape index (κ3) is 4.04. The lowest BCUT2D eigenvalue weighted by Gasteiger charge is -2.16. The molecule has 148 valence electrons. The normalized spacial score (nSPS) is 16.1. The molecule has 8 heteroatoms. The van der Waals surface area contributed by atoms with Crippen molar-refractivity contribution in [1.82, 2.24) is 4.98 Å². The Kier molecular flexibility index (Phi) is 5.64. The summed E-state index contributed by atoms with van der Waals surface area (Å²) in [5.74, 6) is -0.519. The molecule has 6 nitrogen and oxygen atoms in total. The maximum Gasteiger partial charge on any atom is 0.239 e. The van der Waals surface area contributed by atoms with Crippen LogP contribution in [-0.2, 0) is 9.59 Å². The third-order valence-corrected chi connectivity index (χ3v) is 6.01. The van der Waals surface area contributed by atoms with Gasteiger partial charge in [-0.15, -0.1) is 11.3 Å². The molecule has 2 amide bonds. The first-order valence-electron chi connectivity index (χ1n) is 9.03. The fraction of sp³-hybridized carbons (Fsp3) is 0.190. The average molecular weight is 472 g/mol. The Labute approximate surface area is 180 Å². The Balaban J connectivity index is 1.46. The Morgan fingerprint density at radius 2 is 2.10 bits per heavy atom. The lowest BCUT2D eigenvalue weighted by molar-refractivity contribution is -0.129. The summed E-state index contributed by atoms with van der Waals surface area (Å²) in [5, 5.41) is 5.12. The lowest BCUT2D eigenvalue weighted by atomic mass is 10.1. The van der Waals surface area contributed by atoms with Gasteiger partial charge in [0.2, 0.25) is 11.8 Å². The summed E-state index contributed by atoms with van der Waals surface area (Å²) in [6.07, 6.45) is 0.474. The number of carbonyl (C=O) groups is 2. The highest BCUT2D eigenvalue weighted by Crippen LogP contribution is 2.33. The van der Waals surface area contributed by atoms with E-state index in [1.165, 1.54) is 11.3 Å². The van der Waals surface area contributed by atoms with Crippen molar-refractivity contribution >= 4 is 49.9 Å². The van der Waals surface area contributed by atoms with Gasteiger partial charge in [0.05, 0.1) is 12.8 Å². The molecule has 0 radical (unpaired) electrons. The molecule has 0 bridgehead atoms. The van der Waals surface area contributed by atoms with E-state index in [2.05, 4.69) is 26.2 Å². The molecule has 2 heterocycles. The van der Waals surface area contributed by atoms with E-state index in [9.17, 15) is 9.59 Å². The van der Waals surface area contributed by atoms with Crippen LogP contribution in [-0.4, -0.2) is 30.5 Å². The fourth-order valence-electron chi connectivity index (χ4n) is 3.33. The molecule has 1 aromatic heterocycles. The van der Waals surface area contributed by atoms with E-state index in [1.807, 2.05) is 53.9 Å². The van der Waals surface area contributed by atoms with E-state index in [4.69, 9.17) is 4.74 Å². The van der Waals surface area contributed by atoms with Gasteiger partial charge in [-0.1, -0.05) is 34.1 Å². The Hall–Kier alpha value is -2.71. The maximum atomic E-state index is 12.8. The molecule has 1 atom stereocenters. The van der Waals surface area contributed by atoms with Crippen molar-refractivity contribution in [3.05, 3.63) is 58.4 Å². The molecule has 1 saturated heterocycles. The van der Waals surface area contributed by atoms with Crippen molar-refractivity contribution in [2.45, 2.75) is 6.42 Å². The molecule has 0 aliphatic carbocycles. The first kappa shape index (κ1) is 19.6. The predicted molar refractivity (Wildman–Crippen MR) is 117 cm³/mol. The van der Waals surface area contributed by atoms with Gasteiger partial charge in [-0.05, 0) is 36.8 Å². The number of anilines is 2. The molecule has 3 aromatic rings. The SMILES string of the molecule is COc1ccccc1-c1csc(NC(=O)C2CCN(c3cccc(Br)c3)C2=O)n1.